The fourth-order valence-corrected chi connectivity index (χ4v) is 9.65. The highest BCUT2D eigenvalue weighted by Crippen LogP contribution is 2.39. The van der Waals surface area contributed by atoms with Crippen molar-refractivity contribution in [3.8, 4) is 22.9 Å². The highest BCUT2D eigenvalue weighted by Gasteiger charge is 2.41. The van der Waals surface area contributed by atoms with Gasteiger partial charge in [-0.05, 0) is 99.5 Å². The molecule has 0 saturated carbocycles. The number of para-hydroxylation sites is 4. The van der Waals surface area contributed by atoms with Crippen LogP contribution in [0.3, 0.4) is 0 Å². The van der Waals surface area contributed by atoms with Crippen LogP contribution in [-0.2, 0) is 13.1 Å². The molecule has 5 aromatic rings. The summed E-state index contributed by atoms with van der Waals surface area (Å²) >= 11 is 0. The third-order valence-electron chi connectivity index (χ3n) is 12.7. The third-order valence-corrected chi connectivity index (χ3v) is 12.7. The Morgan fingerprint density at radius 1 is 0.656 bits per heavy atom. The van der Waals surface area contributed by atoms with Gasteiger partial charge in [-0.2, -0.15) is 0 Å². The van der Waals surface area contributed by atoms with Crippen molar-refractivity contribution in [2.75, 3.05) is 28.2 Å². The van der Waals surface area contributed by atoms with Crippen LogP contribution >= 0.6 is 0 Å². The van der Waals surface area contributed by atoms with Crippen LogP contribution in [0, 0.1) is 10.7 Å². The van der Waals surface area contributed by atoms with Crippen molar-refractivity contribution in [1.82, 2.24) is 24.0 Å². The molecule has 0 unspecified atom stereocenters. The summed E-state index contributed by atoms with van der Waals surface area (Å²) in [6.45, 7) is 11.4. The zero-order chi connectivity index (χ0) is 43.6. The van der Waals surface area contributed by atoms with Crippen molar-refractivity contribution in [3.63, 3.8) is 0 Å². The fourth-order valence-electron chi connectivity index (χ4n) is 9.65. The summed E-state index contributed by atoms with van der Waals surface area (Å²) in [5.74, 6) is 1.25. The zero-order valence-corrected chi connectivity index (χ0v) is 36.2. The Morgan fingerprint density at radius 2 is 1.25 bits per heavy atom. The number of aromatic nitrogens is 6. The van der Waals surface area contributed by atoms with E-state index in [4.69, 9.17) is 4.98 Å². The second-order valence-corrected chi connectivity index (χ2v) is 16.1. The highest BCUT2D eigenvalue weighted by atomic mass is 16.1. The third kappa shape index (κ3) is 5.94. The SMILES string of the molecule is CCN1C=CC(=Cc2c3[nH]c4c(=O)c5c(c(=O)c=4nc-3n(-c3ccccc3)n2CC)[NH2+]c2c(C=C3C=CN(CC)c4ccccc43)n(CC)[n+](-c3ccccc3)c2N5)c2ccccc21. The average Bonchev–Trinajstić information content (AvgIpc) is 3.83. The molecule has 0 radical (unpaired) electrons. The number of allylic oxidation sites excluding steroid dienone is 4. The Balaban J connectivity index is 1.15. The minimum Gasteiger partial charge on any atom is -0.348 e. The molecule has 6 aliphatic rings. The first kappa shape index (κ1) is 38.9. The van der Waals surface area contributed by atoms with Gasteiger partial charge in [-0.25, -0.2) is 19.7 Å². The Labute approximate surface area is 369 Å². The first-order valence-electron chi connectivity index (χ1n) is 22.1. The first-order valence-corrected chi connectivity index (χ1v) is 22.1. The van der Waals surface area contributed by atoms with Crippen LogP contribution in [0.15, 0.2) is 143 Å². The number of anilines is 4. The monoisotopic (exact) mass is 844 g/mol. The van der Waals surface area contributed by atoms with E-state index in [1.807, 2.05) is 58.5 Å². The van der Waals surface area contributed by atoms with Gasteiger partial charge >= 0.3 is 5.82 Å². The lowest BCUT2D eigenvalue weighted by Crippen LogP contribution is -2.76. The van der Waals surface area contributed by atoms with E-state index in [1.165, 1.54) is 0 Å². The molecule has 11 rings (SSSR count). The smallest absolute Gasteiger partial charge is 0.348 e. The molecule has 0 spiro atoms. The molecule has 5 aliphatic heterocycles. The second kappa shape index (κ2) is 15.4. The van der Waals surface area contributed by atoms with Crippen LogP contribution in [0.2, 0.25) is 0 Å². The van der Waals surface area contributed by atoms with E-state index in [0.717, 1.165) is 75.2 Å². The van der Waals surface area contributed by atoms with E-state index in [0.29, 0.717) is 30.4 Å². The topological polar surface area (TPSA) is 117 Å². The molecule has 0 bridgehead atoms. The van der Waals surface area contributed by atoms with Crippen LogP contribution in [0.1, 0.15) is 50.2 Å². The number of nitrogens with zero attached hydrogens (tertiary/aromatic N) is 7. The predicted octanol–water partition coefficient (Wildman–Crippen LogP) is 8.04. The van der Waals surface area contributed by atoms with Crippen molar-refractivity contribution in [3.05, 3.63) is 187 Å². The van der Waals surface area contributed by atoms with Crippen LogP contribution in [0.5, 0.6) is 0 Å². The lowest BCUT2D eigenvalue weighted by Gasteiger charge is -2.26. The molecular weight excluding hydrogens is 797 g/mol. The molecule has 12 nitrogen and oxygen atoms in total. The summed E-state index contributed by atoms with van der Waals surface area (Å²) < 4.78 is 8.50. The van der Waals surface area contributed by atoms with Gasteiger partial charge in [-0.15, -0.1) is 4.68 Å². The molecule has 4 aromatic carbocycles. The number of nitrogens with two attached hydrogens (primary N) is 1. The van der Waals surface area contributed by atoms with Crippen LogP contribution in [0.4, 0.5) is 34.3 Å². The van der Waals surface area contributed by atoms with Crippen molar-refractivity contribution >= 4 is 57.6 Å². The molecule has 4 N–H and O–H groups in total. The normalized spacial score (nSPS) is 15.2. The van der Waals surface area contributed by atoms with E-state index >= 15 is 9.59 Å². The van der Waals surface area contributed by atoms with Crippen molar-refractivity contribution in [1.29, 1.82) is 0 Å². The van der Waals surface area contributed by atoms with Gasteiger partial charge in [0.1, 0.15) is 22.1 Å². The number of H-pyrrole nitrogens is 1. The average molecular weight is 845 g/mol. The second-order valence-electron chi connectivity index (χ2n) is 16.1. The first-order chi connectivity index (χ1) is 31.4. The molecule has 1 aromatic heterocycles. The molecule has 0 atom stereocenters. The maximum atomic E-state index is 15.1. The molecule has 64 heavy (non-hydrogen) atoms. The van der Waals surface area contributed by atoms with Gasteiger partial charge < -0.3 is 14.8 Å². The molecule has 1 aliphatic carbocycles. The number of nitrogens with one attached hydrogen (secondary N) is 2. The minimum absolute atomic E-state index is 0.0888. The molecule has 0 fully saturated rings. The van der Waals surface area contributed by atoms with E-state index < -0.39 is 0 Å². The van der Waals surface area contributed by atoms with Gasteiger partial charge in [-0.1, -0.05) is 72.8 Å². The maximum absolute atomic E-state index is 15.1. The Hall–Kier alpha value is -7.96. The molecule has 0 saturated heterocycles. The van der Waals surface area contributed by atoms with Crippen LogP contribution in [0.25, 0.3) is 46.2 Å². The van der Waals surface area contributed by atoms with Gasteiger partial charge in [0.05, 0.1) is 17.9 Å². The summed E-state index contributed by atoms with van der Waals surface area (Å²) in [5.41, 5.74) is 11.4. The predicted molar refractivity (Wildman–Crippen MR) is 255 cm³/mol. The molecule has 0 amide bonds. The fraction of sp³-hybridized carbons (Fsp3) is 0.154. The van der Waals surface area contributed by atoms with E-state index in [9.17, 15) is 0 Å². The van der Waals surface area contributed by atoms with E-state index in [2.05, 4.69) is 159 Å². The van der Waals surface area contributed by atoms with Crippen LogP contribution < -0.4 is 36.0 Å². The summed E-state index contributed by atoms with van der Waals surface area (Å²) in [4.78, 5) is 43.3. The van der Waals surface area contributed by atoms with Gasteiger partial charge in [0.25, 0.3) is 16.5 Å². The number of hydrogen-bond acceptors (Lipinski definition) is 6. The lowest BCUT2D eigenvalue weighted by atomic mass is 9.98. The minimum atomic E-state index is -0.330. The molecule has 6 heterocycles. The number of quaternary nitrogens is 1. The van der Waals surface area contributed by atoms with Crippen molar-refractivity contribution < 1.29 is 10.00 Å². The van der Waals surface area contributed by atoms with Gasteiger partial charge in [-0.3, -0.25) is 19.6 Å². The van der Waals surface area contributed by atoms with Gasteiger partial charge in [0, 0.05) is 54.5 Å². The van der Waals surface area contributed by atoms with Gasteiger partial charge in [0.2, 0.25) is 11.4 Å². The zero-order valence-electron chi connectivity index (χ0n) is 36.2. The van der Waals surface area contributed by atoms with Crippen LogP contribution in [-0.4, -0.2) is 37.1 Å². The largest absolute Gasteiger partial charge is 0.369 e. The Morgan fingerprint density at radius 3 is 1.86 bits per heavy atom. The Kier molecular flexibility index (Phi) is 9.39. The van der Waals surface area contributed by atoms with E-state index in [-0.39, 0.29) is 32.9 Å². The molecule has 12 heteroatoms. The summed E-state index contributed by atoms with van der Waals surface area (Å²) in [6, 6.07) is 37.0. The quantitative estimate of drug-likeness (QED) is 0.134. The number of aromatic amines is 1. The molecule has 316 valence electrons. The maximum Gasteiger partial charge on any atom is 0.369 e. The van der Waals surface area contributed by atoms with Crippen molar-refractivity contribution in [2.45, 2.75) is 40.8 Å². The summed E-state index contributed by atoms with van der Waals surface area (Å²) in [7, 11) is 0. The standard InChI is InChI=1S/C52H46N10O2/c1-5-57-29-27-33(37-23-15-17-25-39(37)57)31-41-43-51(61(59(41)7-3)35-19-11-9-12-20-35)55-47-45(53-43)49(63)48-46(50(47)64)54-44-42(32-34-28-30-58(6-2)40-26-18-16-24-38(34)40)60(8-4)62(52(44)56-48)36-21-13-10-14-22-36/h9-32H,5-8H2,1-4H3,(H2,53,54,63,64)/p+2. The number of fused-ring (bicyclic) bond motifs is 5. The summed E-state index contributed by atoms with van der Waals surface area (Å²) in [5, 5.41) is 5.66. The number of hydrogen-bond donors (Lipinski definition) is 3. The van der Waals surface area contributed by atoms with Crippen molar-refractivity contribution in [2.24, 2.45) is 0 Å². The number of rotatable bonds is 8. The van der Waals surface area contributed by atoms with Gasteiger partial charge in [0.15, 0.2) is 11.5 Å². The highest BCUT2D eigenvalue weighted by molar-refractivity contribution is 5.97. The number of benzene rings is 4. The summed E-state index contributed by atoms with van der Waals surface area (Å²) in [6.07, 6.45) is 12.9. The lowest BCUT2D eigenvalue weighted by molar-refractivity contribution is -0.673. The van der Waals surface area contributed by atoms with E-state index in [1.54, 1.807) is 0 Å². The molecular formula is C52H48N10O2+2. The Bertz CT molecular complexity index is 3440.